The lowest BCUT2D eigenvalue weighted by Crippen LogP contribution is -2.20. The highest BCUT2D eigenvalue weighted by atomic mass is 19.4. The molecule has 4 nitrogen and oxygen atoms in total. The Labute approximate surface area is 89.2 Å². The minimum Gasteiger partial charge on any atom is -0.403 e. The number of rotatable bonds is 3. The van der Waals surface area contributed by atoms with Gasteiger partial charge in [-0.05, 0) is 18.1 Å². The summed E-state index contributed by atoms with van der Waals surface area (Å²) >= 11 is 0. The molecule has 0 spiro atoms. The number of pyridine rings is 1. The van der Waals surface area contributed by atoms with E-state index in [0.717, 1.165) is 0 Å². The van der Waals surface area contributed by atoms with E-state index >= 15 is 0 Å². The van der Waals surface area contributed by atoms with Crippen LogP contribution in [0.2, 0.25) is 0 Å². The molecule has 7 heteroatoms. The van der Waals surface area contributed by atoms with Crippen LogP contribution in [0.15, 0.2) is 6.20 Å². The van der Waals surface area contributed by atoms with Gasteiger partial charge < -0.3 is 10.5 Å². The third-order valence-corrected chi connectivity index (χ3v) is 1.96. The minimum absolute atomic E-state index is 0.0200. The summed E-state index contributed by atoms with van der Waals surface area (Å²) in [6.07, 6.45) is -3.41. The molecule has 0 bridgehead atoms. The summed E-state index contributed by atoms with van der Waals surface area (Å²) < 4.78 is 40.0. The van der Waals surface area contributed by atoms with Gasteiger partial charge in [0, 0.05) is 12.7 Å². The van der Waals surface area contributed by atoms with Crippen molar-refractivity contribution in [2.75, 3.05) is 0 Å². The van der Waals surface area contributed by atoms with Crippen LogP contribution in [-0.2, 0) is 6.54 Å². The quantitative estimate of drug-likeness (QED) is 0.806. The molecule has 1 aromatic heterocycles. The normalized spacial score (nSPS) is 11.3. The first-order valence-corrected chi connectivity index (χ1v) is 4.28. The molecule has 0 aliphatic heterocycles. The Kier molecular flexibility index (Phi) is 3.48. The fraction of sp³-hybridized carbons (Fsp3) is 0.333. The lowest BCUT2D eigenvalue weighted by molar-refractivity contribution is -0.275. The molecule has 2 N–H and O–H groups in total. The average molecular weight is 234 g/mol. The number of aromatic nitrogens is 1. The summed E-state index contributed by atoms with van der Waals surface area (Å²) in [7, 11) is 0. The number of nitrogens with two attached hydrogens (primary N) is 1. The monoisotopic (exact) mass is 234 g/mol. The molecule has 0 saturated heterocycles. The maximum atomic E-state index is 12.1. The van der Waals surface area contributed by atoms with Gasteiger partial charge in [-0.3, -0.25) is 4.79 Å². The van der Waals surface area contributed by atoms with Crippen molar-refractivity contribution in [3.05, 3.63) is 23.0 Å². The van der Waals surface area contributed by atoms with Gasteiger partial charge in [0.25, 0.3) is 0 Å². The second kappa shape index (κ2) is 4.48. The molecule has 0 amide bonds. The van der Waals surface area contributed by atoms with Gasteiger partial charge in [0.1, 0.15) is 5.69 Å². The third-order valence-electron chi connectivity index (χ3n) is 1.96. The lowest BCUT2D eigenvalue weighted by atomic mass is 10.1. The number of carbonyl (C=O) groups is 1. The summed E-state index contributed by atoms with van der Waals surface area (Å²) in [6.45, 7) is 1.41. The fourth-order valence-electron chi connectivity index (χ4n) is 1.18. The number of hydrogen-bond donors (Lipinski definition) is 1. The maximum absolute atomic E-state index is 12.1. The molecule has 0 atom stereocenters. The molecule has 16 heavy (non-hydrogen) atoms. The number of halogens is 3. The van der Waals surface area contributed by atoms with E-state index in [4.69, 9.17) is 5.73 Å². The van der Waals surface area contributed by atoms with Gasteiger partial charge in [-0.25, -0.2) is 4.98 Å². The average Bonchev–Trinajstić information content (AvgIpc) is 2.19. The molecule has 0 unspecified atom stereocenters. The minimum atomic E-state index is -4.86. The van der Waals surface area contributed by atoms with Crippen LogP contribution in [-0.4, -0.2) is 17.6 Å². The van der Waals surface area contributed by atoms with Crippen molar-refractivity contribution in [2.24, 2.45) is 5.73 Å². The molecule has 1 heterocycles. The van der Waals surface area contributed by atoms with E-state index < -0.39 is 17.8 Å². The van der Waals surface area contributed by atoms with Gasteiger partial charge >= 0.3 is 6.36 Å². The Morgan fingerprint density at radius 1 is 1.56 bits per heavy atom. The topological polar surface area (TPSA) is 65.2 Å². The first-order valence-electron chi connectivity index (χ1n) is 4.28. The molecular formula is C9H9F3N2O2. The van der Waals surface area contributed by atoms with Crippen molar-refractivity contribution in [1.82, 2.24) is 4.98 Å². The van der Waals surface area contributed by atoms with Crippen LogP contribution in [0.25, 0.3) is 0 Å². The van der Waals surface area contributed by atoms with Gasteiger partial charge in [-0.2, -0.15) is 0 Å². The van der Waals surface area contributed by atoms with Crippen LogP contribution < -0.4 is 10.5 Å². The van der Waals surface area contributed by atoms with Crippen LogP contribution in [0, 0.1) is 6.92 Å². The van der Waals surface area contributed by atoms with E-state index in [9.17, 15) is 18.0 Å². The van der Waals surface area contributed by atoms with Crippen LogP contribution in [0.5, 0.6) is 5.75 Å². The van der Waals surface area contributed by atoms with Crippen molar-refractivity contribution in [1.29, 1.82) is 0 Å². The van der Waals surface area contributed by atoms with Crippen LogP contribution >= 0.6 is 0 Å². The molecule has 0 saturated carbocycles. The summed E-state index contributed by atoms with van der Waals surface area (Å²) in [5.41, 5.74) is 5.47. The molecule has 0 aliphatic carbocycles. The number of ether oxygens (including phenoxy) is 1. The molecule has 1 aromatic rings. The Bertz CT molecular complexity index is 404. The van der Waals surface area contributed by atoms with Gasteiger partial charge in [0.2, 0.25) is 0 Å². The highest BCUT2D eigenvalue weighted by Crippen LogP contribution is 2.29. The third kappa shape index (κ3) is 2.69. The zero-order valence-corrected chi connectivity index (χ0v) is 8.34. The molecule has 0 aliphatic rings. The predicted octanol–water partition coefficient (Wildman–Crippen LogP) is 1.56. The smallest absolute Gasteiger partial charge is 0.403 e. The maximum Gasteiger partial charge on any atom is 0.573 e. The fourth-order valence-corrected chi connectivity index (χ4v) is 1.18. The Hall–Kier alpha value is -1.63. The van der Waals surface area contributed by atoms with Crippen molar-refractivity contribution in [2.45, 2.75) is 19.8 Å². The number of alkyl halides is 3. The van der Waals surface area contributed by atoms with Gasteiger partial charge in [-0.1, -0.05) is 0 Å². The SMILES string of the molecule is Cc1c(CN)cnc(C=O)c1OC(F)(F)F. The largest absolute Gasteiger partial charge is 0.573 e. The van der Waals surface area contributed by atoms with Crippen LogP contribution in [0.1, 0.15) is 21.6 Å². The Morgan fingerprint density at radius 3 is 2.62 bits per heavy atom. The number of aldehydes is 1. The van der Waals surface area contributed by atoms with E-state index in [-0.39, 0.29) is 18.4 Å². The highest BCUT2D eigenvalue weighted by Gasteiger charge is 2.33. The van der Waals surface area contributed by atoms with Crippen LogP contribution in [0.4, 0.5) is 13.2 Å². The summed E-state index contributed by atoms with van der Waals surface area (Å²) in [5, 5.41) is 0. The summed E-state index contributed by atoms with van der Waals surface area (Å²) in [5.74, 6) is -0.592. The second-order valence-corrected chi connectivity index (χ2v) is 2.99. The Morgan fingerprint density at radius 2 is 2.19 bits per heavy atom. The van der Waals surface area contributed by atoms with E-state index in [2.05, 4.69) is 9.72 Å². The number of carbonyl (C=O) groups excluding carboxylic acids is 1. The number of nitrogens with zero attached hydrogens (tertiary/aromatic N) is 1. The first kappa shape index (κ1) is 12.4. The molecule has 0 fully saturated rings. The molecular weight excluding hydrogens is 225 g/mol. The number of hydrogen-bond acceptors (Lipinski definition) is 4. The van der Waals surface area contributed by atoms with Crippen LogP contribution in [0.3, 0.4) is 0 Å². The van der Waals surface area contributed by atoms with Gasteiger partial charge in [0.05, 0.1) is 0 Å². The van der Waals surface area contributed by atoms with E-state index in [1.165, 1.54) is 13.1 Å². The van der Waals surface area contributed by atoms with E-state index in [0.29, 0.717) is 5.56 Å². The summed E-state index contributed by atoms with van der Waals surface area (Å²) in [6, 6.07) is 0. The van der Waals surface area contributed by atoms with Crippen molar-refractivity contribution < 1.29 is 22.7 Å². The van der Waals surface area contributed by atoms with E-state index in [1.807, 2.05) is 0 Å². The van der Waals surface area contributed by atoms with Gasteiger partial charge in [0.15, 0.2) is 12.0 Å². The molecule has 1 rings (SSSR count). The Balaban J connectivity index is 3.26. The standard InChI is InChI=1S/C9H9F3N2O2/c1-5-6(2-13)3-14-7(4-15)8(5)16-9(10,11)12/h3-4H,2,13H2,1H3. The van der Waals surface area contributed by atoms with Crippen molar-refractivity contribution in [3.8, 4) is 5.75 Å². The molecule has 88 valence electrons. The van der Waals surface area contributed by atoms with E-state index in [1.54, 1.807) is 0 Å². The zero-order chi connectivity index (χ0) is 12.3. The molecule has 0 radical (unpaired) electrons. The predicted molar refractivity (Wildman–Crippen MR) is 48.9 cm³/mol. The van der Waals surface area contributed by atoms with Crippen molar-refractivity contribution >= 4 is 6.29 Å². The van der Waals surface area contributed by atoms with Crippen molar-refractivity contribution in [3.63, 3.8) is 0 Å². The zero-order valence-electron chi connectivity index (χ0n) is 8.34. The summed E-state index contributed by atoms with van der Waals surface area (Å²) in [4.78, 5) is 14.1. The first-order chi connectivity index (χ1) is 7.39. The van der Waals surface area contributed by atoms with Gasteiger partial charge in [-0.15, -0.1) is 13.2 Å². The lowest BCUT2D eigenvalue weighted by Gasteiger charge is -2.14. The molecule has 0 aromatic carbocycles. The highest BCUT2D eigenvalue weighted by molar-refractivity contribution is 5.77. The second-order valence-electron chi connectivity index (χ2n) is 2.99.